The fourth-order valence-electron chi connectivity index (χ4n) is 4.13. The molecule has 3 aromatic rings. The SMILES string of the molecule is Cl.NCC(NC(=O)C1CC1c1ccc2c(c1)OCCO2)c1ccc2ccccc2c1. The maximum Gasteiger partial charge on any atom is 0.224 e. The van der Waals surface area contributed by atoms with Crippen LogP contribution in [0, 0.1) is 5.92 Å². The number of halogens is 1. The number of ether oxygens (including phenoxy) is 2. The number of fused-ring (bicyclic) bond motifs is 2. The Labute approximate surface area is 182 Å². The molecule has 156 valence electrons. The summed E-state index contributed by atoms with van der Waals surface area (Å²) in [6, 6.07) is 20.2. The molecule has 6 heteroatoms. The zero-order valence-electron chi connectivity index (χ0n) is 16.5. The van der Waals surface area contributed by atoms with Crippen LogP contribution in [0.15, 0.2) is 60.7 Å². The fraction of sp³-hybridized carbons (Fsp3) is 0.292. The third-order valence-corrected chi connectivity index (χ3v) is 5.85. The van der Waals surface area contributed by atoms with Gasteiger partial charge in [0.05, 0.1) is 6.04 Å². The molecular weight excluding hydrogens is 400 g/mol. The molecule has 1 heterocycles. The number of hydrogen-bond donors (Lipinski definition) is 2. The number of benzene rings is 3. The smallest absolute Gasteiger partial charge is 0.224 e. The van der Waals surface area contributed by atoms with Crippen LogP contribution in [-0.4, -0.2) is 25.7 Å². The zero-order chi connectivity index (χ0) is 19.8. The van der Waals surface area contributed by atoms with Crippen LogP contribution in [0.1, 0.15) is 29.5 Å². The summed E-state index contributed by atoms with van der Waals surface area (Å²) in [6.07, 6.45) is 0.848. The van der Waals surface area contributed by atoms with Gasteiger partial charge >= 0.3 is 0 Å². The molecule has 3 unspecified atom stereocenters. The minimum atomic E-state index is -0.186. The number of nitrogens with one attached hydrogen (secondary N) is 1. The highest BCUT2D eigenvalue weighted by Crippen LogP contribution is 2.49. The highest BCUT2D eigenvalue weighted by Gasteiger charge is 2.44. The van der Waals surface area contributed by atoms with Crippen LogP contribution in [-0.2, 0) is 4.79 Å². The molecule has 30 heavy (non-hydrogen) atoms. The van der Waals surface area contributed by atoms with Crippen molar-refractivity contribution in [2.75, 3.05) is 19.8 Å². The largest absolute Gasteiger partial charge is 0.486 e. The van der Waals surface area contributed by atoms with Crippen molar-refractivity contribution in [2.45, 2.75) is 18.4 Å². The molecule has 1 amide bonds. The Morgan fingerprint density at radius 2 is 1.77 bits per heavy atom. The maximum absolute atomic E-state index is 12.9. The van der Waals surface area contributed by atoms with Crippen molar-refractivity contribution >= 4 is 29.1 Å². The highest BCUT2D eigenvalue weighted by atomic mass is 35.5. The average molecular weight is 425 g/mol. The van der Waals surface area contributed by atoms with Crippen LogP contribution in [0.4, 0.5) is 0 Å². The molecular formula is C24H25ClN2O3. The van der Waals surface area contributed by atoms with Gasteiger partial charge in [0.15, 0.2) is 11.5 Å². The van der Waals surface area contributed by atoms with Crippen molar-refractivity contribution in [2.24, 2.45) is 11.7 Å². The Morgan fingerprint density at radius 3 is 2.57 bits per heavy atom. The maximum atomic E-state index is 12.9. The van der Waals surface area contributed by atoms with Crippen molar-refractivity contribution in [1.82, 2.24) is 5.32 Å². The van der Waals surface area contributed by atoms with Crippen LogP contribution in [0.25, 0.3) is 10.8 Å². The van der Waals surface area contributed by atoms with E-state index in [9.17, 15) is 4.79 Å². The van der Waals surface area contributed by atoms with Gasteiger partial charge in [-0.05, 0) is 52.4 Å². The van der Waals surface area contributed by atoms with Gasteiger partial charge in [-0.15, -0.1) is 12.4 Å². The van der Waals surface area contributed by atoms with Gasteiger partial charge in [-0.1, -0.05) is 42.5 Å². The molecule has 1 aliphatic carbocycles. The van der Waals surface area contributed by atoms with Gasteiger partial charge in [-0.2, -0.15) is 0 Å². The van der Waals surface area contributed by atoms with Crippen molar-refractivity contribution < 1.29 is 14.3 Å². The molecule has 0 bridgehead atoms. The summed E-state index contributed by atoms with van der Waals surface area (Å²) in [4.78, 5) is 12.9. The summed E-state index contributed by atoms with van der Waals surface area (Å²) < 4.78 is 11.3. The Balaban J connectivity index is 0.00000218. The van der Waals surface area contributed by atoms with E-state index in [4.69, 9.17) is 15.2 Å². The van der Waals surface area contributed by atoms with E-state index in [-0.39, 0.29) is 36.2 Å². The average Bonchev–Trinajstić information content (AvgIpc) is 3.58. The van der Waals surface area contributed by atoms with Crippen molar-refractivity contribution in [3.05, 3.63) is 71.8 Å². The van der Waals surface area contributed by atoms with Gasteiger partial charge in [-0.25, -0.2) is 0 Å². The van der Waals surface area contributed by atoms with Crippen molar-refractivity contribution in [3.63, 3.8) is 0 Å². The lowest BCUT2D eigenvalue weighted by Gasteiger charge is -2.19. The van der Waals surface area contributed by atoms with Crippen molar-refractivity contribution in [1.29, 1.82) is 0 Å². The normalized spacial score (nSPS) is 20.2. The van der Waals surface area contributed by atoms with Crippen LogP contribution in [0.5, 0.6) is 11.5 Å². The topological polar surface area (TPSA) is 73.6 Å². The number of carbonyl (C=O) groups is 1. The summed E-state index contributed by atoms with van der Waals surface area (Å²) in [6.45, 7) is 1.51. The lowest BCUT2D eigenvalue weighted by molar-refractivity contribution is -0.123. The van der Waals surface area contributed by atoms with E-state index < -0.39 is 0 Å². The molecule has 1 saturated carbocycles. The first-order valence-electron chi connectivity index (χ1n) is 10.1. The molecule has 0 saturated heterocycles. The molecule has 2 aliphatic rings. The van der Waals surface area contributed by atoms with Gasteiger partial charge < -0.3 is 20.5 Å². The molecule has 3 N–H and O–H groups in total. The zero-order valence-corrected chi connectivity index (χ0v) is 17.4. The predicted octanol–water partition coefficient (Wildman–Crippen LogP) is 3.95. The second-order valence-electron chi connectivity index (χ2n) is 7.76. The molecule has 0 aromatic heterocycles. The lowest BCUT2D eigenvalue weighted by atomic mass is 10.0. The van der Waals surface area contributed by atoms with E-state index in [0.717, 1.165) is 34.4 Å². The second kappa shape index (κ2) is 8.54. The minimum Gasteiger partial charge on any atom is -0.486 e. The lowest BCUT2D eigenvalue weighted by Crippen LogP contribution is -2.34. The number of carbonyl (C=O) groups excluding carboxylic acids is 1. The fourth-order valence-corrected chi connectivity index (χ4v) is 4.13. The number of hydrogen-bond acceptors (Lipinski definition) is 4. The second-order valence-corrected chi connectivity index (χ2v) is 7.76. The summed E-state index contributed by atoms with van der Waals surface area (Å²) in [5, 5.41) is 5.48. The molecule has 5 nitrogen and oxygen atoms in total. The first kappa shape index (κ1) is 20.5. The van der Waals surface area contributed by atoms with Gasteiger partial charge in [0.25, 0.3) is 0 Å². The van der Waals surface area contributed by atoms with Gasteiger partial charge in [0.2, 0.25) is 5.91 Å². The van der Waals surface area contributed by atoms with Gasteiger partial charge in [-0.3, -0.25) is 4.79 Å². The Kier molecular flexibility index (Phi) is 5.84. The molecule has 5 rings (SSSR count). The number of rotatable bonds is 5. The molecule has 3 aromatic carbocycles. The van der Waals surface area contributed by atoms with Crippen LogP contribution in [0.2, 0.25) is 0 Å². The first-order valence-corrected chi connectivity index (χ1v) is 10.1. The predicted molar refractivity (Wildman–Crippen MR) is 119 cm³/mol. The van der Waals surface area contributed by atoms with Crippen LogP contribution >= 0.6 is 12.4 Å². The van der Waals surface area contributed by atoms with Gasteiger partial charge in [0.1, 0.15) is 13.2 Å². The monoisotopic (exact) mass is 424 g/mol. The Hall–Kier alpha value is -2.76. The molecule has 0 radical (unpaired) electrons. The van der Waals surface area contributed by atoms with E-state index in [1.54, 1.807) is 0 Å². The molecule has 1 fully saturated rings. The minimum absolute atomic E-state index is 0. The molecule has 1 aliphatic heterocycles. The van der Waals surface area contributed by atoms with Crippen LogP contribution in [0.3, 0.4) is 0 Å². The van der Waals surface area contributed by atoms with Gasteiger partial charge in [0, 0.05) is 12.5 Å². The third-order valence-electron chi connectivity index (χ3n) is 5.85. The molecule has 3 atom stereocenters. The summed E-state index contributed by atoms with van der Waals surface area (Å²) in [5.41, 5.74) is 8.16. The van der Waals surface area contributed by atoms with E-state index in [1.165, 1.54) is 5.39 Å². The van der Waals surface area contributed by atoms with E-state index in [1.807, 2.05) is 36.4 Å². The van der Waals surface area contributed by atoms with Crippen LogP contribution < -0.4 is 20.5 Å². The summed E-state index contributed by atoms with van der Waals surface area (Å²) in [5.74, 6) is 1.82. The van der Waals surface area contributed by atoms with E-state index >= 15 is 0 Å². The quantitative estimate of drug-likeness (QED) is 0.650. The Bertz CT molecular complexity index is 1070. The molecule has 0 spiro atoms. The third kappa shape index (κ3) is 3.95. The summed E-state index contributed by atoms with van der Waals surface area (Å²) in [7, 11) is 0. The Morgan fingerprint density at radius 1 is 1.00 bits per heavy atom. The standard InChI is InChI=1S/C24H24N2O3.ClH/c25-14-21(18-6-5-15-3-1-2-4-16(15)11-18)26-24(27)20-13-19(20)17-7-8-22-23(12-17)29-10-9-28-22;/h1-8,11-12,19-21H,9-10,13-14,25H2,(H,26,27);1H. The number of nitrogens with two attached hydrogens (primary N) is 1. The summed E-state index contributed by atoms with van der Waals surface area (Å²) >= 11 is 0. The van der Waals surface area contributed by atoms with Crippen molar-refractivity contribution in [3.8, 4) is 11.5 Å². The van der Waals surface area contributed by atoms with E-state index in [0.29, 0.717) is 19.8 Å². The number of amides is 1. The van der Waals surface area contributed by atoms with E-state index in [2.05, 4.69) is 29.6 Å². The first-order chi connectivity index (χ1) is 14.2. The highest BCUT2D eigenvalue weighted by molar-refractivity contribution is 5.86.